The monoisotopic (exact) mass is 401 g/mol. The van der Waals surface area contributed by atoms with E-state index < -0.39 is 0 Å². The minimum absolute atomic E-state index is 0.118. The third kappa shape index (κ3) is 2.87. The Labute approximate surface area is 179 Å². The summed E-state index contributed by atoms with van der Waals surface area (Å²) >= 11 is 0. The average Bonchev–Trinajstić information content (AvgIpc) is 2.79. The second-order valence-corrected chi connectivity index (χ2v) is 10.4. The summed E-state index contributed by atoms with van der Waals surface area (Å²) in [4.78, 5) is 23.0. The minimum atomic E-state index is -0.118. The molecule has 4 nitrogen and oxygen atoms in total. The Bertz CT molecular complexity index is 906. The van der Waals surface area contributed by atoms with Crippen LogP contribution in [0.2, 0.25) is 0 Å². The van der Waals surface area contributed by atoms with E-state index in [1.54, 1.807) is 0 Å². The van der Waals surface area contributed by atoms with E-state index >= 15 is 0 Å². The van der Waals surface area contributed by atoms with Crippen molar-refractivity contribution in [3.8, 4) is 0 Å². The maximum Gasteiger partial charge on any atom is 0.228 e. The van der Waals surface area contributed by atoms with Crippen LogP contribution in [0.4, 0.5) is 5.82 Å². The van der Waals surface area contributed by atoms with Gasteiger partial charge in [-0.25, -0.2) is 4.98 Å². The molecule has 2 unspecified atom stereocenters. The quantitative estimate of drug-likeness (QED) is 0.771. The summed E-state index contributed by atoms with van der Waals surface area (Å²) in [5.41, 5.74) is 1.60. The fourth-order valence-corrected chi connectivity index (χ4v) is 7.66. The molecule has 1 aromatic carbocycles. The molecule has 0 N–H and O–H groups in total. The summed E-state index contributed by atoms with van der Waals surface area (Å²) in [7, 11) is 0. The Morgan fingerprint density at radius 1 is 0.867 bits per heavy atom. The first-order chi connectivity index (χ1) is 14.7. The van der Waals surface area contributed by atoms with Crippen molar-refractivity contribution in [1.82, 2.24) is 9.88 Å². The van der Waals surface area contributed by atoms with Gasteiger partial charge in [0, 0.05) is 32.4 Å². The molecule has 5 aliphatic rings. The Kier molecular flexibility index (Phi) is 4.19. The Hall–Kier alpha value is -2.36. The van der Waals surface area contributed by atoms with Crippen LogP contribution in [0.3, 0.4) is 0 Å². The van der Waals surface area contributed by atoms with Crippen LogP contribution in [0.25, 0.3) is 0 Å². The third-order valence-electron chi connectivity index (χ3n) is 8.44. The first-order valence-corrected chi connectivity index (χ1v) is 11.7. The van der Waals surface area contributed by atoms with Crippen molar-refractivity contribution < 1.29 is 4.79 Å². The third-order valence-corrected chi connectivity index (χ3v) is 8.44. The molecule has 156 valence electrons. The van der Waals surface area contributed by atoms with Crippen LogP contribution in [-0.4, -0.2) is 42.0 Å². The molecular formula is C26H31N3O. The van der Waals surface area contributed by atoms with Crippen LogP contribution in [0, 0.1) is 17.3 Å². The highest BCUT2D eigenvalue weighted by Crippen LogP contribution is 2.66. The Morgan fingerprint density at radius 3 is 2.23 bits per heavy atom. The highest BCUT2D eigenvalue weighted by Gasteiger charge is 2.61. The first-order valence-electron chi connectivity index (χ1n) is 11.7. The van der Waals surface area contributed by atoms with Gasteiger partial charge in [-0.05, 0) is 73.5 Å². The lowest BCUT2D eigenvalue weighted by Crippen LogP contribution is -2.61. The van der Waals surface area contributed by atoms with Gasteiger partial charge in [0.05, 0.1) is 5.41 Å². The summed E-state index contributed by atoms with van der Waals surface area (Å²) in [6, 6.07) is 17.2. The fraction of sp³-hybridized carbons (Fsp3) is 0.538. The highest BCUT2D eigenvalue weighted by molar-refractivity contribution is 5.84. The summed E-state index contributed by atoms with van der Waals surface area (Å²) in [6.45, 7) is 3.42. The van der Waals surface area contributed by atoms with E-state index in [1.807, 2.05) is 18.3 Å². The molecule has 30 heavy (non-hydrogen) atoms. The molecular weight excluding hydrogens is 370 g/mol. The number of pyridine rings is 1. The van der Waals surface area contributed by atoms with Crippen molar-refractivity contribution in [3.05, 3.63) is 60.3 Å². The second-order valence-electron chi connectivity index (χ2n) is 10.4. The molecule has 4 atom stereocenters. The van der Waals surface area contributed by atoms with Crippen LogP contribution in [0.1, 0.15) is 44.1 Å². The number of anilines is 1. The van der Waals surface area contributed by atoms with E-state index in [1.165, 1.54) is 24.8 Å². The van der Waals surface area contributed by atoms with Crippen LogP contribution in [0.5, 0.6) is 0 Å². The number of aromatic nitrogens is 1. The number of carbonyl (C=O) groups is 1. The van der Waals surface area contributed by atoms with Crippen LogP contribution in [0.15, 0.2) is 54.7 Å². The predicted octanol–water partition coefficient (Wildman–Crippen LogP) is 4.27. The van der Waals surface area contributed by atoms with Gasteiger partial charge in [0.2, 0.25) is 5.91 Å². The molecule has 0 spiro atoms. The average molecular weight is 402 g/mol. The van der Waals surface area contributed by atoms with E-state index in [4.69, 9.17) is 0 Å². The molecule has 4 bridgehead atoms. The maximum atomic E-state index is 14.0. The van der Waals surface area contributed by atoms with Gasteiger partial charge in [0.1, 0.15) is 5.82 Å². The van der Waals surface area contributed by atoms with E-state index in [0.29, 0.717) is 5.91 Å². The molecule has 1 aromatic heterocycles. The topological polar surface area (TPSA) is 36.4 Å². The predicted molar refractivity (Wildman–Crippen MR) is 118 cm³/mol. The summed E-state index contributed by atoms with van der Waals surface area (Å²) in [5.74, 6) is 2.94. The molecule has 0 radical (unpaired) electrons. The standard InChI is InChI=1S/C26H31N3O/c30-24(29-12-10-28(11-13-29)23-8-4-5-9-27-23)26-17-20-14-21(18-26)16-25(15-20,19-26)22-6-2-1-3-7-22/h1-9,20-21H,10-19H2/t20-,21+,25?,26?. The zero-order chi connectivity index (χ0) is 20.2. The van der Waals surface area contributed by atoms with Gasteiger partial charge in [0.25, 0.3) is 0 Å². The molecule has 1 amide bonds. The maximum absolute atomic E-state index is 14.0. The van der Waals surface area contributed by atoms with Gasteiger partial charge in [0.15, 0.2) is 0 Å². The number of benzene rings is 1. The van der Waals surface area contributed by atoms with Crippen LogP contribution < -0.4 is 4.90 Å². The normalized spacial score (nSPS) is 34.9. The van der Waals surface area contributed by atoms with Gasteiger partial charge in [-0.15, -0.1) is 0 Å². The molecule has 4 saturated carbocycles. The summed E-state index contributed by atoms with van der Waals surface area (Å²) in [5, 5.41) is 0. The van der Waals surface area contributed by atoms with E-state index in [9.17, 15) is 4.79 Å². The lowest BCUT2D eigenvalue weighted by atomic mass is 9.42. The van der Waals surface area contributed by atoms with E-state index in [0.717, 1.165) is 63.1 Å². The fourth-order valence-electron chi connectivity index (χ4n) is 7.66. The smallest absolute Gasteiger partial charge is 0.228 e. The number of nitrogens with zero attached hydrogens (tertiary/aromatic N) is 3. The number of amides is 1. The zero-order valence-corrected chi connectivity index (χ0v) is 17.7. The van der Waals surface area contributed by atoms with Gasteiger partial charge < -0.3 is 9.80 Å². The first kappa shape index (κ1) is 18.4. The zero-order valence-electron chi connectivity index (χ0n) is 17.7. The van der Waals surface area contributed by atoms with E-state index in [2.05, 4.69) is 51.2 Å². The molecule has 1 aliphatic heterocycles. The number of hydrogen-bond donors (Lipinski definition) is 0. The molecule has 7 rings (SSSR count). The van der Waals surface area contributed by atoms with Crippen molar-refractivity contribution in [2.75, 3.05) is 31.1 Å². The molecule has 4 heteroatoms. The van der Waals surface area contributed by atoms with Gasteiger partial charge in [-0.2, -0.15) is 0 Å². The molecule has 5 fully saturated rings. The van der Waals surface area contributed by atoms with Crippen molar-refractivity contribution in [2.24, 2.45) is 17.3 Å². The SMILES string of the molecule is O=C(N1CCN(c2ccccn2)CC1)C12C[C@H]3C[C@@H](C1)CC(c1ccccc1)(C3)C2. The van der Waals surface area contributed by atoms with Crippen molar-refractivity contribution in [3.63, 3.8) is 0 Å². The largest absolute Gasteiger partial charge is 0.353 e. The highest BCUT2D eigenvalue weighted by atomic mass is 16.2. The molecule has 2 aromatic rings. The molecule has 1 saturated heterocycles. The second kappa shape index (κ2) is 6.83. The summed E-state index contributed by atoms with van der Waals surface area (Å²) in [6.07, 6.45) is 9.08. The van der Waals surface area contributed by atoms with Crippen molar-refractivity contribution in [1.29, 1.82) is 0 Å². The lowest BCUT2D eigenvalue weighted by Gasteiger charge is -2.62. The van der Waals surface area contributed by atoms with Gasteiger partial charge in [-0.3, -0.25) is 4.79 Å². The van der Waals surface area contributed by atoms with Crippen molar-refractivity contribution in [2.45, 2.75) is 43.9 Å². The van der Waals surface area contributed by atoms with Crippen molar-refractivity contribution >= 4 is 11.7 Å². The Morgan fingerprint density at radius 2 is 1.57 bits per heavy atom. The Balaban J connectivity index is 1.23. The number of carbonyl (C=O) groups excluding carboxylic acids is 1. The number of piperazine rings is 1. The van der Waals surface area contributed by atoms with Crippen LogP contribution >= 0.6 is 0 Å². The number of hydrogen-bond acceptors (Lipinski definition) is 3. The summed E-state index contributed by atoms with van der Waals surface area (Å²) < 4.78 is 0. The van der Waals surface area contributed by atoms with E-state index in [-0.39, 0.29) is 10.8 Å². The number of rotatable bonds is 3. The van der Waals surface area contributed by atoms with Crippen LogP contribution in [-0.2, 0) is 10.2 Å². The molecule has 2 heterocycles. The minimum Gasteiger partial charge on any atom is -0.353 e. The van der Waals surface area contributed by atoms with Gasteiger partial charge >= 0.3 is 0 Å². The molecule has 4 aliphatic carbocycles. The lowest BCUT2D eigenvalue weighted by molar-refractivity contribution is -0.160. The van der Waals surface area contributed by atoms with Gasteiger partial charge in [-0.1, -0.05) is 36.4 Å².